The summed E-state index contributed by atoms with van der Waals surface area (Å²) in [5.41, 5.74) is 3.03. The first kappa shape index (κ1) is 16.2. The Labute approximate surface area is 136 Å². The fourth-order valence-electron chi connectivity index (χ4n) is 3.19. The van der Waals surface area contributed by atoms with Crippen LogP contribution in [-0.4, -0.2) is 44.4 Å². The second-order valence-corrected chi connectivity index (χ2v) is 6.46. The zero-order valence-corrected chi connectivity index (χ0v) is 13.9. The van der Waals surface area contributed by atoms with Crippen molar-refractivity contribution < 1.29 is 15.0 Å². The Morgan fingerprint density at radius 1 is 1.26 bits per heavy atom. The van der Waals surface area contributed by atoms with Gasteiger partial charge in [0.05, 0.1) is 31.9 Å². The summed E-state index contributed by atoms with van der Waals surface area (Å²) in [4.78, 5) is 16.8. The van der Waals surface area contributed by atoms with Crippen molar-refractivity contribution in [1.82, 2.24) is 4.98 Å². The lowest BCUT2D eigenvalue weighted by Crippen LogP contribution is -3.14. The van der Waals surface area contributed by atoms with Gasteiger partial charge in [-0.2, -0.15) is 0 Å². The van der Waals surface area contributed by atoms with E-state index in [0.717, 1.165) is 55.9 Å². The number of benzene rings is 1. The predicted octanol–water partition coefficient (Wildman–Crippen LogP) is -0.795. The Morgan fingerprint density at radius 3 is 2.91 bits per heavy atom. The lowest BCUT2D eigenvalue weighted by molar-refractivity contribution is -0.909. The van der Waals surface area contributed by atoms with Gasteiger partial charge in [0.1, 0.15) is 19.6 Å². The summed E-state index contributed by atoms with van der Waals surface area (Å²) >= 11 is 0. The van der Waals surface area contributed by atoms with E-state index in [9.17, 15) is 4.79 Å². The molecule has 1 aromatic carbocycles. The number of hydrogen-bond donors (Lipinski definition) is 3. The Hall–Kier alpha value is -1.69. The Bertz CT molecular complexity index is 705. The number of ether oxygens (including phenoxy) is 1. The smallest absolute Gasteiger partial charge is 0.257 e. The second-order valence-electron chi connectivity index (χ2n) is 6.46. The van der Waals surface area contributed by atoms with E-state index in [-0.39, 0.29) is 5.56 Å². The van der Waals surface area contributed by atoms with Crippen molar-refractivity contribution in [2.24, 2.45) is 0 Å². The molecule has 2 aromatic rings. The Morgan fingerprint density at radius 2 is 2.09 bits per heavy atom. The van der Waals surface area contributed by atoms with Gasteiger partial charge in [0.2, 0.25) is 0 Å². The van der Waals surface area contributed by atoms with Crippen molar-refractivity contribution in [2.45, 2.75) is 19.9 Å². The predicted molar refractivity (Wildman–Crippen MR) is 90.8 cm³/mol. The molecule has 0 bridgehead atoms. The van der Waals surface area contributed by atoms with E-state index in [0.29, 0.717) is 0 Å². The van der Waals surface area contributed by atoms with Crippen LogP contribution in [0.25, 0.3) is 10.9 Å². The van der Waals surface area contributed by atoms with Gasteiger partial charge >= 0.3 is 0 Å². The van der Waals surface area contributed by atoms with E-state index >= 15 is 0 Å². The maximum absolute atomic E-state index is 12.1. The van der Waals surface area contributed by atoms with Crippen LogP contribution in [0.5, 0.6) is 0 Å². The molecule has 23 heavy (non-hydrogen) atoms. The fourth-order valence-corrected chi connectivity index (χ4v) is 3.19. The van der Waals surface area contributed by atoms with Gasteiger partial charge in [-0.1, -0.05) is 11.6 Å². The third-order valence-corrected chi connectivity index (χ3v) is 4.58. The normalized spacial score (nSPS) is 16.0. The van der Waals surface area contributed by atoms with Crippen LogP contribution in [0.1, 0.15) is 17.5 Å². The van der Waals surface area contributed by atoms with Gasteiger partial charge in [-0.3, -0.25) is 4.79 Å². The number of morpholine rings is 1. The van der Waals surface area contributed by atoms with E-state index < -0.39 is 0 Å². The molecule has 1 saturated heterocycles. The summed E-state index contributed by atoms with van der Waals surface area (Å²) in [5, 5.41) is 3.36. The zero-order valence-electron chi connectivity index (χ0n) is 13.9. The molecule has 0 aliphatic carbocycles. The quantitative estimate of drug-likeness (QED) is 0.611. The van der Waals surface area contributed by atoms with Gasteiger partial charge in [0.15, 0.2) is 0 Å². The monoisotopic (exact) mass is 317 g/mol. The average molecular weight is 317 g/mol. The number of aromatic amines is 1. The first-order chi connectivity index (χ1) is 11.2. The molecule has 1 aliphatic heterocycles. The number of H-pyrrole nitrogens is 1. The molecule has 3 rings (SSSR count). The van der Waals surface area contributed by atoms with Gasteiger partial charge in [0.25, 0.3) is 5.56 Å². The first-order valence-corrected chi connectivity index (χ1v) is 8.58. The molecule has 5 heteroatoms. The van der Waals surface area contributed by atoms with Crippen LogP contribution in [0.2, 0.25) is 0 Å². The molecular weight excluding hydrogens is 290 g/mol. The second kappa shape index (κ2) is 7.73. The highest BCUT2D eigenvalue weighted by molar-refractivity contribution is 5.79. The van der Waals surface area contributed by atoms with E-state index in [1.54, 1.807) is 4.90 Å². The third-order valence-electron chi connectivity index (χ3n) is 4.58. The van der Waals surface area contributed by atoms with E-state index in [1.807, 2.05) is 18.2 Å². The number of fused-ring (bicyclic) bond motifs is 1. The number of quaternary nitrogens is 2. The van der Waals surface area contributed by atoms with Crippen LogP contribution < -0.4 is 15.8 Å². The summed E-state index contributed by atoms with van der Waals surface area (Å²) in [6, 6.07) is 8.16. The van der Waals surface area contributed by atoms with E-state index in [1.165, 1.54) is 18.5 Å². The molecule has 0 atom stereocenters. The van der Waals surface area contributed by atoms with E-state index in [4.69, 9.17) is 4.74 Å². The number of hydrogen-bond acceptors (Lipinski definition) is 2. The topological polar surface area (TPSA) is 63.1 Å². The molecule has 2 heterocycles. The molecule has 1 fully saturated rings. The van der Waals surface area contributed by atoms with Crippen LogP contribution in [0.3, 0.4) is 0 Å². The van der Waals surface area contributed by atoms with Gasteiger partial charge in [-0.15, -0.1) is 0 Å². The van der Waals surface area contributed by atoms with Crippen molar-refractivity contribution in [2.75, 3.05) is 39.4 Å². The van der Waals surface area contributed by atoms with E-state index in [2.05, 4.69) is 23.3 Å². The van der Waals surface area contributed by atoms with Crippen molar-refractivity contribution in [1.29, 1.82) is 0 Å². The Balaban J connectivity index is 1.50. The van der Waals surface area contributed by atoms with Crippen molar-refractivity contribution >= 4 is 10.9 Å². The molecule has 1 aliphatic rings. The fraction of sp³-hybridized carbons (Fsp3) is 0.500. The molecule has 0 amide bonds. The minimum atomic E-state index is 0.0383. The van der Waals surface area contributed by atoms with Crippen molar-refractivity contribution in [3.8, 4) is 0 Å². The average Bonchev–Trinajstić information content (AvgIpc) is 2.56. The molecule has 5 nitrogen and oxygen atoms in total. The maximum atomic E-state index is 12.1. The summed E-state index contributed by atoms with van der Waals surface area (Å²) in [6.07, 6.45) is 1.18. The molecule has 124 valence electrons. The number of nitrogens with one attached hydrogen (secondary N) is 2. The van der Waals surface area contributed by atoms with Gasteiger partial charge < -0.3 is 19.9 Å². The molecule has 4 N–H and O–H groups in total. The molecule has 0 unspecified atom stereocenters. The maximum Gasteiger partial charge on any atom is 0.257 e. The minimum Gasteiger partial charge on any atom is -0.370 e. The first-order valence-electron chi connectivity index (χ1n) is 8.58. The van der Waals surface area contributed by atoms with Crippen LogP contribution in [0.4, 0.5) is 0 Å². The Kier molecular flexibility index (Phi) is 5.43. The lowest BCUT2D eigenvalue weighted by Gasteiger charge is -2.23. The number of rotatable bonds is 6. The van der Waals surface area contributed by atoms with Crippen LogP contribution in [-0.2, 0) is 11.3 Å². The van der Waals surface area contributed by atoms with Gasteiger partial charge in [-0.05, 0) is 30.5 Å². The van der Waals surface area contributed by atoms with Gasteiger partial charge in [-0.25, -0.2) is 0 Å². The number of nitrogens with two attached hydrogens (primary N) is 1. The largest absolute Gasteiger partial charge is 0.370 e. The number of pyridine rings is 1. The molecule has 0 saturated carbocycles. The third kappa shape index (κ3) is 4.41. The SMILES string of the molecule is Cc1ccc2[nH]c(=O)c(C[NH2+]CCC[NH+]3CCOCC3)cc2c1. The standard InChI is InChI=1S/C18H25N3O2/c1-14-3-4-17-15(11-14)12-16(18(22)20-17)13-19-5-2-6-21-7-9-23-10-8-21/h3-4,11-12,19H,2,5-10,13H2,1H3,(H,20,22)/p+2. The molecule has 1 aromatic heterocycles. The summed E-state index contributed by atoms with van der Waals surface area (Å²) in [7, 11) is 0. The highest BCUT2D eigenvalue weighted by Gasteiger charge is 2.13. The zero-order chi connectivity index (χ0) is 16.1. The molecular formula is C18H27N3O2+2. The van der Waals surface area contributed by atoms with Crippen molar-refractivity contribution in [3.63, 3.8) is 0 Å². The van der Waals surface area contributed by atoms with Crippen LogP contribution >= 0.6 is 0 Å². The highest BCUT2D eigenvalue weighted by Crippen LogP contribution is 2.12. The minimum absolute atomic E-state index is 0.0383. The number of aromatic nitrogens is 1. The van der Waals surface area contributed by atoms with Gasteiger partial charge in [0, 0.05) is 11.9 Å². The van der Waals surface area contributed by atoms with Crippen LogP contribution in [0.15, 0.2) is 29.1 Å². The summed E-state index contributed by atoms with van der Waals surface area (Å²) in [6.45, 7) is 9.13. The lowest BCUT2D eigenvalue weighted by atomic mass is 10.1. The summed E-state index contributed by atoms with van der Waals surface area (Å²) in [5.74, 6) is 0. The summed E-state index contributed by atoms with van der Waals surface area (Å²) < 4.78 is 5.37. The van der Waals surface area contributed by atoms with Crippen LogP contribution in [0, 0.1) is 6.92 Å². The highest BCUT2D eigenvalue weighted by atomic mass is 16.5. The number of aryl methyl sites for hydroxylation is 1. The van der Waals surface area contributed by atoms with Crippen molar-refractivity contribution in [3.05, 3.63) is 45.7 Å². The molecule has 0 radical (unpaired) electrons. The molecule has 0 spiro atoms.